The van der Waals surface area contributed by atoms with Crippen LogP contribution in [0.25, 0.3) is 0 Å². The lowest BCUT2D eigenvalue weighted by Gasteiger charge is -2.13. The Morgan fingerprint density at radius 1 is 1.15 bits per heavy atom. The van der Waals surface area contributed by atoms with Crippen molar-refractivity contribution in [2.24, 2.45) is 0 Å². The summed E-state index contributed by atoms with van der Waals surface area (Å²) >= 11 is 13.9. The van der Waals surface area contributed by atoms with Crippen LogP contribution in [0.2, 0.25) is 10.0 Å². The van der Waals surface area contributed by atoms with Gasteiger partial charge in [0.15, 0.2) is 0 Å². The smallest absolute Gasteiger partial charge is 0.103 e. The number of nitrogens with one attached hydrogen (secondary N) is 1. The highest BCUT2D eigenvalue weighted by Crippen LogP contribution is 2.34. The molecule has 0 spiro atoms. The molecule has 0 amide bonds. The molecule has 0 unspecified atom stereocenters. The second kappa shape index (κ2) is 6.41. The molecule has 2 aromatic rings. The van der Waals surface area contributed by atoms with Crippen LogP contribution in [0.3, 0.4) is 0 Å². The molecule has 0 saturated heterocycles. The van der Waals surface area contributed by atoms with E-state index in [1.807, 2.05) is 31.4 Å². The van der Waals surface area contributed by atoms with Gasteiger partial charge in [0.05, 0.1) is 22.0 Å². The van der Waals surface area contributed by atoms with Crippen LogP contribution in [0.4, 0.5) is 11.4 Å². The normalized spacial score (nSPS) is 10.2. The fourth-order valence-corrected chi connectivity index (χ4v) is 2.81. The fraction of sp³-hybridized carbons (Fsp3) is 0.133. The Morgan fingerprint density at radius 2 is 1.90 bits per heavy atom. The number of hydrogen-bond donors (Lipinski definition) is 1. The van der Waals surface area contributed by atoms with E-state index in [4.69, 9.17) is 23.2 Å². The van der Waals surface area contributed by atoms with Crippen LogP contribution >= 0.6 is 35.0 Å². The summed E-state index contributed by atoms with van der Waals surface area (Å²) in [6.07, 6.45) is 1.94. The molecule has 0 bridgehead atoms. The third kappa shape index (κ3) is 3.04. The third-order valence-electron chi connectivity index (χ3n) is 2.88. The first-order chi connectivity index (χ1) is 9.56. The molecule has 0 heterocycles. The summed E-state index contributed by atoms with van der Waals surface area (Å²) in [5.41, 5.74) is 2.94. The molecule has 2 nitrogen and oxygen atoms in total. The predicted octanol–water partition coefficient (Wildman–Crippen LogP) is 5.64. The van der Waals surface area contributed by atoms with E-state index in [1.165, 1.54) is 11.8 Å². The molecule has 0 aliphatic rings. The molecule has 0 radical (unpaired) electrons. The standard InChI is InChI=1S/C15H12Cl2N2S/c1-9-6-12(17)14(7-11(9)16)19-13-4-3-5-15(20-2)10(13)8-18/h3-7,19H,1-2H3. The first-order valence-electron chi connectivity index (χ1n) is 5.86. The minimum Gasteiger partial charge on any atom is -0.353 e. The first-order valence-corrected chi connectivity index (χ1v) is 7.84. The van der Waals surface area contributed by atoms with Gasteiger partial charge in [0.25, 0.3) is 0 Å². The summed E-state index contributed by atoms with van der Waals surface area (Å²) in [5, 5.41) is 13.7. The third-order valence-corrected chi connectivity index (χ3v) is 4.38. The fourth-order valence-electron chi connectivity index (χ4n) is 1.81. The minimum absolute atomic E-state index is 0.574. The maximum absolute atomic E-state index is 9.31. The number of nitriles is 1. The molecule has 2 aromatic carbocycles. The van der Waals surface area contributed by atoms with E-state index in [0.29, 0.717) is 21.3 Å². The van der Waals surface area contributed by atoms with Gasteiger partial charge in [-0.1, -0.05) is 29.3 Å². The second-order valence-electron chi connectivity index (χ2n) is 4.20. The Bertz CT molecular complexity index is 693. The molecule has 0 saturated carbocycles. The molecule has 0 aliphatic carbocycles. The van der Waals surface area contributed by atoms with Crippen molar-refractivity contribution < 1.29 is 0 Å². The molecule has 1 N–H and O–H groups in total. The van der Waals surface area contributed by atoms with Crippen LogP contribution in [-0.4, -0.2) is 6.26 Å². The van der Waals surface area contributed by atoms with E-state index < -0.39 is 0 Å². The van der Waals surface area contributed by atoms with Gasteiger partial charge in [0, 0.05) is 9.92 Å². The summed E-state index contributed by atoms with van der Waals surface area (Å²) in [6, 6.07) is 11.5. The number of anilines is 2. The minimum atomic E-state index is 0.574. The maximum Gasteiger partial charge on any atom is 0.103 e. The van der Waals surface area contributed by atoms with E-state index >= 15 is 0 Å². The van der Waals surface area contributed by atoms with Crippen LogP contribution in [0.15, 0.2) is 35.2 Å². The van der Waals surface area contributed by atoms with Gasteiger partial charge in [-0.15, -0.1) is 11.8 Å². The van der Waals surface area contributed by atoms with Gasteiger partial charge in [0.1, 0.15) is 6.07 Å². The lowest BCUT2D eigenvalue weighted by Crippen LogP contribution is -1.96. The second-order valence-corrected chi connectivity index (χ2v) is 5.86. The van der Waals surface area contributed by atoms with Gasteiger partial charge >= 0.3 is 0 Å². The molecule has 20 heavy (non-hydrogen) atoms. The van der Waals surface area contributed by atoms with Gasteiger partial charge in [-0.05, 0) is 43.0 Å². The van der Waals surface area contributed by atoms with Crippen molar-refractivity contribution in [2.45, 2.75) is 11.8 Å². The van der Waals surface area contributed by atoms with E-state index in [0.717, 1.165) is 16.1 Å². The number of thioether (sulfide) groups is 1. The van der Waals surface area contributed by atoms with Crippen molar-refractivity contribution in [1.29, 1.82) is 5.26 Å². The van der Waals surface area contributed by atoms with Crippen LogP contribution in [0, 0.1) is 18.3 Å². The Kier molecular flexibility index (Phi) is 4.82. The summed E-state index contributed by atoms with van der Waals surface area (Å²) in [6.45, 7) is 1.90. The topological polar surface area (TPSA) is 35.8 Å². The molecule has 102 valence electrons. The van der Waals surface area contributed by atoms with Gasteiger partial charge in [-0.2, -0.15) is 5.26 Å². The molecule has 0 aromatic heterocycles. The van der Waals surface area contributed by atoms with Crippen LogP contribution in [0.1, 0.15) is 11.1 Å². The molecule has 0 aliphatic heterocycles. The van der Waals surface area contributed by atoms with Gasteiger partial charge in [-0.25, -0.2) is 0 Å². The highest BCUT2D eigenvalue weighted by atomic mass is 35.5. The highest BCUT2D eigenvalue weighted by Gasteiger charge is 2.10. The van der Waals surface area contributed by atoms with Crippen LogP contribution in [0.5, 0.6) is 0 Å². The Balaban J connectivity index is 2.46. The SMILES string of the molecule is CSc1cccc(Nc2cc(Cl)c(C)cc2Cl)c1C#N. The molecule has 2 rings (SSSR count). The largest absolute Gasteiger partial charge is 0.353 e. The van der Waals surface area contributed by atoms with Crippen molar-refractivity contribution >= 4 is 46.3 Å². The Hall–Kier alpha value is -1.34. The van der Waals surface area contributed by atoms with Gasteiger partial charge in [-0.3, -0.25) is 0 Å². The van der Waals surface area contributed by atoms with E-state index in [2.05, 4.69) is 11.4 Å². The zero-order chi connectivity index (χ0) is 14.7. The molecular weight excluding hydrogens is 311 g/mol. The summed E-state index contributed by atoms with van der Waals surface area (Å²) in [7, 11) is 0. The molecule has 0 atom stereocenters. The number of halogens is 2. The van der Waals surface area contributed by atoms with E-state index in [1.54, 1.807) is 12.1 Å². The van der Waals surface area contributed by atoms with Crippen molar-refractivity contribution in [2.75, 3.05) is 11.6 Å². The van der Waals surface area contributed by atoms with Crippen LogP contribution < -0.4 is 5.32 Å². The van der Waals surface area contributed by atoms with Crippen molar-refractivity contribution in [3.63, 3.8) is 0 Å². The maximum atomic E-state index is 9.31. The predicted molar refractivity (Wildman–Crippen MR) is 87.4 cm³/mol. The van der Waals surface area contributed by atoms with Crippen molar-refractivity contribution in [1.82, 2.24) is 0 Å². The quantitative estimate of drug-likeness (QED) is 0.743. The number of rotatable bonds is 3. The number of benzene rings is 2. The Morgan fingerprint density at radius 3 is 2.55 bits per heavy atom. The number of aryl methyl sites for hydroxylation is 1. The van der Waals surface area contributed by atoms with Gasteiger partial charge in [0.2, 0.25) is 0 Å². The average molecular weight is 323 g/mol. The van der Waals surface area contributed by atoms with Crippen molar-refractivity contribution in [3.8, 4) is 6.07 Å². The molecule has 5 heteroatoms. The lowest BCUT2D eigenvalue weighted by molar-refractivity contribution is 1.35. The summed E-state index contributed by atoms with van der Waals surface area (Å²) < 4.78 is 0. The van der Waals surface area contributed by atoms with Crippen molar-refractivity contribution in [3.05, 3.63) is 51.5 Å². The number of hydrogen-bond acceptors (Lipinski definition) is 3. The van der Waals surface area contributed by atoms with Gasteiger partial charge < -0.3 is 5.32 Å². The number of nitrogens with zero attached hydrogens (tertiary/aromatic N) is 1. The molecular formula is C15H12Cl2N2S. The van der Waals surface area contributed by atoms with Crippen LogP contribution in [-0.2, 0) is 0 Å². The summed E-state index contributed by atoms with van der Waals surface area (Å²) in [4.78, 5) is 0.923. The van der Waals surface area contributed by atoms with E-state index in [9.17, 15) is 5.26 Å². The van der Waals surface area contributed by atoms with E-state index in [-0.39, 0.29) is 0 Å². The zero-order valence-electron chi connectivity index (χ0n) is 11.0. The Labute approximate surface area is 132 Å². The monoisotopic (exact) mass is 322 g/mol. The highest BCUT2D eigenvalue weighted by molar-refractivity contribution is 7.98. The average Bonchev–Trinajstić information content (AvgIpc) is 2.44. The lowest BCUT2D eigenvalue weighted by atomic mass is 10.1. The zero-order valence-corrected chi connectivity index (χ0v) is 13.3. The summed E-state index contributed by atoms with van der Waals surface area (Å²) in [5.74, 6) is 0. The first kappa shape index (κ1) is 15.1. The molecule has 0 fully saturated rings.